The number of benzene rings is 1. The van der Waals surface area contributed by atoms with E-state index in [1.807, 2.05) is 6.07 Å². The van der Waals surface area contributed by atoms with Gasteiger partial charge >= 0.3 is 0 Å². The summed E-state index contributed by atoms with van der Waals surface area (Å²) in [5.41, 5.74) is 2.45. The summed E-state index contributed by atoms with van der Waals surface area (Å²) in [5.74, 6) is 0.954. The Balaban J connectivity index is 2.85. The smallest absolute Gasteiger partial charge is 0.121 e. The molecule has 0 radical (unpaired) electrons. The normalized spacial score (nSPS) is 12.6. The van der Waals surface area contributed by atoms with E-state index in [0.29, 0.717) is 6.04 Å². The minimum atomic E-state index is 0.535. The van der Waals surface area contributed by atoms with Gasteiger partial charge in [0.2, 0.25) is 0 Å². The average molecular weight is 250 g/mol. The zero-order valence-corrected chi connectivity index (χ0v) is 12.5. The van der Waals surface area contributed by atoms with Crippen LogP contribution < -0.4 is 9.64 Å². The summed E-state index contributed by atoms with van der Waals surface area (Å²) in [5, 5.41) is 0. The highest BCUT2D eigenvalue weighted by atomic mass is 16.5. The van der Waals surface area contributed by atoms with Crippen molar-refractivity contribution in [3.63, 3.8) is 0 Å². The first-order valence-electron chi connectivity index (χ1n) is 6.55. The highest BCUT2D eigenvalue weighted by molar-refractivity contribution is 5.52. The zero-order valence-electron chi connectivity index (χ0n) is 12.5. The minimum Gasteiger partial charge on any atom is -0.496 e. The molecule has 0 amide bonds. The lowest BCUT2D eigenvalue weighted by molar-refractivity contribution is 0.315. The van der Waals surface area contributed by atoms with E-state index in [4.69, 9.17) is 4.74 Å². The third kappa shape index (κ3) is 3.64. The molecule has 3 heteroatoms. The Kier molecular flexibility index (Phi) is 5.48. The van der Waals surface area contributed by atoms with E-state index in [1.54, 1.807) is 7.11 Å². The van der Waals surface area contributed by atoms with Gasteiger partial charge in [0, 0.05) is 24.8 Å². The van der Waals surface area contributed by atoms with E-state index in [0.717, 1.165) is 18.8 Å². The number of ether oxygens (including phenoxy) is 1. The molecule has 0 spiro atoms. The third-order valence-corrected chi connectivity index (χ3v) is 3.49. The molecular formula is C15H26N2O. The number of hydrogen-bond acceptors (Lipinski definition) is 3. The zero-order chi connectivity index (χ0) is 13.7. The fourth-order valence-corrected chi connectivity index (χ4v) is 1.96. The fourth-order valence-electron chi connectivity index (χ4n) is 1.96. The second kappa shape index (κ2) is 6.64. The number of rotatable bonds is 6. The molecule has 0 aliphatic heterocycles. The molecule has 0 aliphatic carbocycles. The van der Waals surface area contributed by atoms with Crippen LogP contribution in [0.1, 0.15) is 19.4 Å². The summed E-state index contributed by atoms with van der Waals surface area (Å²) in [4.78, 5) is 4.65. The Morgan fingerprint density at radius 2 is 1.94 bits per heavy atom. The lowest BCUT2D eigenvalue weighted by Gasteiger charge is -2.30. The number of hydrogen-bond donors (Lipinski definition) is 0. The summed E-state index contributed by atoms with van der Waals surface area (Å²) in [7, 11) is 5.96. The number of aryl methyl sites for hydroxylation is 1. The van der Waals surface area contributed by atoms with E-state index >= 15 is 0 Å². The molecule has 0 aliphatic rings. The predicted molar refractivity (Wildman–Crippen MR) is 78.8 cm³/mol. The summed E-state index contributed by atoms with van der Waals surface area (Å²) >= 11 is 0. The maximum Gasteiger partial charge on any atom is 0.121 e. The van der Waals surface area contributed by atoms with Crippen LogP contribution in [0.2, 0.25) is 0 Å². The standard InChI is InChI=1S/C15H26N2O/c1-7-17(11-13(3)16(4)5)14-8-9-15(18-6)12(2)10-14/h8-10,13H,7,11H2,1-6H3. The molecule has 0 bridgehead atoms. The first kappa shape index (κ1) is 14.8. The Morgan fingerprint density at radius 3 is 2.39 bits per heavy atom. The first-order valence-corrected chi connectivity index (χ1v) is 6.55. The predicted octanol–water partition coefficient (Wildman–Crippen LogP) is 2.78. The van der Waals surface area contributed by atoms with Crippen LogP contribution in [0.4, 0.5) is 5.69 Å². The van der Waals surface area contributed by atoms with Gasteiger partial charge in [0.1, 0.15) is 5.75 Å². The Morgan fingerprint density at radius 1 is 1.28 bits per heavy atom. The summed E-state index contributed by atoms with van der Waals surface area (Å²) in [6, 6.07) is 6.92. The molecule has 0 N–H and O–H groups in total. The summed E-state index contributed by atoms with van der Waals surface area (Å²) in [6.07, 6.45) is 0. The second-order valence-electron chi connectivity index (χ2n) is 5.01. The van der Waals surface area contributed by atoms with E-state index in [9.17, 15) is 0 Å². The molecule has 18 heavy (non-hydrogen) atoms. The van der Waals surface area contributed by atoms with Crippen molar-refractivity contribution in [2.24, 2.45) is 0 Å². The van der Waals surface area contributed by atoms with Crippen molar-refractivity contribution >= 4 is 5.69 Å². The van der Waals surface area contributed by atoms with Gasteiger partial charge < -0.3 is 14.5 Å². The highest BCUT2D eigenvalue weighted by Gasteiger charge is 2.12. The average Bonchev–Trinajstić information content (AvgIpc) is 2.35. The largest absolute Gasteiger partial charge is 0.496 e. The van der Waals surface area contributed by atoms with E-state index < -0.39 is 0 Å². The minimum absolute atomic E-state index is 0.535. The SMILES string of the molecule is CCN(CC(C)N(C)C)c1ccc(OC)c(C)c1. The molecule has 0 saturated carbocycles. The van der Waals surface area contributed by atoms with Gasteiger partial charge in [0.15, 0.2) is 0 Å². The Bertz CT molecular complexity index is 377. The van der Waals surface area contributed by atoms with Gasteiger partial charge in [-0.3, -0.25) is 0 Å². The van der Waals surface area contributed by atoms with Crippen LogP contribution in [0, 0.1) is 6.92 Å². The molecule has 0 fully saturated rings. The highest BCUT2D eigenvalue weighted by Crippen LogP contribution is 2.24. The molecule has 0 heterocycles. The van der Waals surface area contributed by atoms with Crippen molar-refractivity contribution in [2.45, 2.75) is 26.8 Å². The van der Waals surface area contributed by atoms with Gasteiger partial charge in [-0.05, 0) is 58.6 Å². The van der Waals surface area contributed by atoms with Crippen molar-refractivity contribution in [1.29, 1.82) is 0 Å². The maximum absolute atomic E-state index is 5.31. The molecule has 102 valence electrons. The molecule has 3 nitrogen and oxygen atoms in total. The van der Waals surface area contributed by atoms with Crippen molar-refractivity contribution in [3.05, 3.63) is 23.8 Å². The quantitative estimate of drug-likeness (QED) is 0.772. The number of likely N-dealkylation sites (N-methyl/N-ethyl adjacent to an activating group) is 2. The van der Waals surface area contributed by atoms with Crippen molar-refractivity contribution in [1.82, 2.24) is 4.90 Å². The monoisotopic (exact) mass is 250 g/mol. The first-order chi connectivity index (χ1) is 8.49. The Labute approximate surface area is 111 Å². The molecule has 1 aromatic carbocycles. The molecule has 1 unspecified atom stereocenters. The second-order valence-corrected chi connectivity index (χ2v) is 5.01. The molecule has 1 atom stereocenters. The third-order valence-electron chi connectivity index (χ3n) is 3.49. The van der Waals surface area contributed by atoms with E-state index in [1.165, 1.54) is 11.3 Å². The van der Waals surface area contributed by atoms with Crippen LogP contribution in [0.15, 0.2) is 18.2 Å². The molecule has 1 aromatic rings. The summed E-state index contributed by atoms with van der Waals surface area (Å²) < 4.78 is 5.31. The van der Waals surface area contributed by atoms with Gasteiger partial charge in [0.05, 0.1) is 7.11 Å². The lowest BCUT2D eigenvalue weighted by atomic mass is 10.1. The van der Waals surface area contributed by atoms with Crippen molar-refractivity contribution in [2.75, 3.05) is 39.2 Å². The van der Waals surface area contributed by atoms with Gasteiger partial charge in [-0.1, -0.05) is 0 Å². The number of methoxy groups -OCH3 is 1. The van der Waals surface area contributed by atoms with Crippen LogP contribution in [0.25, 0.3) is 0 Å². The fraction of sp³-hybridized carbons (Fsp3) is 0.600. The van der Waals surface area contributed by atoms with Crippen molar-refractivity contribution < 1.29 is 4.74 Å². The number of nitrogens with zero attached hydrogens (tertiary/aromatic N) is 2. The summed E-state index contributed by atoms with van der Waals surface area (Å²) in [6.45, 7) is 8.59. The van der Waals surface area contributed by atoms with E-state index in [-0.39, 0.29) is 0 Å². The maximum atomic E-state index is 5.31. The van der Waals surface area contributed by atoms with Crippen LogP contribution in [0.3, 0.4) is 0 Å². The Hall–Kier alpha value is -1.22. The van der Waals surface area contributed by atoms with Gasteiger partial charge in [-0.15, -0.1) is 0 Å². The molecule has 0 saturated heterocycles. The van der Waals surface area contributed by atoms with Crippen molar-refractivity contribution in [3.8, 4) is 5.75 Å². The van der Waals surface area contributed by atoms with Crippen LogP contribution in [0.5, 0.6) is 5.75 Å². The van der Waals surface area contributed by atoms with Crippen LogP contribution >= 0.6 is 0 Å². The molecule has 1 rings (SSSR count). The molecule has 0 aromatic heterocycles. The topological polar surface area (TPSA) is 15.7 Å². The number of anilines is 1. The van der Waals surface area contributed by atoms with Gasteiger partial charge in [0.25, 0.3) is 0 Å². The van der Waals surface area contributed by atoms with Crippen LogP contribution in [-0.4, -0.2) is 45.2 Å². The van der Waals surface area contributed by atoms with Crippen LogP contribution in [-0.2, 0) is 0 Å². The van der Waals surface area contributed by atoms with Gasteiger partial charge in [-0.2, -0.15) is 0 Å². The van der Waals surface area contributed by atoms with Gasteiger partial charge in [-0.25, -0.2) is 0 Å². The van der Waals surface area contributed by atoms with E-state index in [2.05, 4.69) is 56.8 Å². The molecular weight excluding hydrogens is 224 g/mol. The lowest BCUT2D eigenvalue weighted by Crippen LogP contribution is -2.38.